The molecule has 0 saturated carbocycles. The number of hydrogen-bond donors (Lipinski definition) is 1. The van der Waals surface area contributed by atoms with E-state index in [1.807, 2.05) is 0 Å². The third-order valence-corrected chi connectivity index (χ3v) is 5.71. The predicted octanol–water partition coefficient (Wildman–Crippen LogP) is 3.90. The molecule has 1 aliphatic rings. The van der Waals surface area contributed by atoms with Crippen molar-refractivity contribution in [3.05, 3.63) is 68.8 Å². The fourth-order valence-corrected chi connectivity index (χ4v) is 3.99. The Balaban J connectivity index is 1.98. The minimum Gasteiger partial charge on any atom is -0.444 e. The molecule has 2 aromatic rings. The highest BCUT2D eigenvalue weighted by Gasteiger charge is 2.34. The van der Waals surface area contributed by atoms with Crippen LogP contribution in [0.3, 0.4) is 0 Å². The van der Waals surface area contributed by atoms with E-state index in [0.29, 0.717) is 12.1 Å². The van der Waals surface area contributed by atoms with Crippen molar-refractivity contribution in [1.29, 1.82) is 0 Å². The van der Waals surface area contributed by atoms with Gasteiger partial charge in [0.2, 0.25) is 0 Å². The molecule has 0 radical (unpaired) electrons. The van der Waals surface area contributed by atoms with Crippen molar-refractivity contribution in [3.8, 4) is 0 Å². The minimum atomic E-state index is -0.666. The van der Waals surface area contributed by atoms with Crippen LogP contribution < -0.4 is 11.3 Å². The second-order valence-corrected chi connectivity index (χ2v) is 9.74. The zero-order chi connectivity index (χ0) is 24.3. The second kappa shape index (κ2) is 10.2. The van der Waals surface area contributed by atoms with Crippen molar-refractivity contribution in [2.75, 3.05) is 19.7 Å². The summed E-state index contributed by atoms with van der Waals surface area (Å²) < 4.78 is 27.3. The van der Waals surface area contributed by atoms with Crippen molar-refractivity contribution in [2.24, 2.45) is 11.7 Å². The number of pyridine rings is 1. The molecule has 33 heavy (non-hydrogen) atoms. The second-order valence-electron chi connectivity index (χ2n) is 8.90. The summed E-state index contributed by atoms with van der Waals surface area (Å²) in [6.45, 7) is 6.29. The number of thiocarbonyl (C=S) groups is 1. The molecule has 1 aromatic heterocycles. The van der Waals surface area contributed by atoms with Crippen molar-refractivity contribution in [1.82, 2.24) is 9.47 Å². The molecule has 3 rings (SSSR count). The predicted molar refractivity (Wildman–Crippen MR) is 128 cm³/mol. The number of halogens is 2. The quantitative estimate of drug-likeness (QED) is 0.647. The monoisotopic (exact) mass is 495 g/mol. The number of ether oxygens (including phenoxy) is 2. The number of aromatic nitrogens is 1. The van der Waals surface area contributed by atoms with Crippen LogP contribution in [0, 0.1) is 11.7 Å². The summed E-state index contributed by atoms with van der Waals surface area (Å²) in [7, 11) is 0. The lowest BCUT2D eigenvalue weighted by Crippen LogP contribution is -2.41. The van der Waals surface area contributed by atoms with Crippen LogP contribution in [-0.2, 0) is 16.0 Å². The average molecular weight is 496 g/mol. The number of hydrogen-bond acceptors (Lipinski definition) is 5. The Labute approximate surface area is 202 Å². The van der Waals surface area contributed by atoms with Gasteiger partial charge >= 0.3 is 6.09 Å². The number of nitrogens with two attached hydrogens (primary N) is 1. The molecule has 1 aliphatic heterocycles. The fourth-order valence-electron chi connectivity index (χ4n) is 3.72. The van der Waals surface area contributed by atoms with Gasteiger partial charge in [-0.15, -0.1) is 0 Å². The van der Waals surface area contributed by atoms with E-state index < -0.39 is 29.5 Å². The first-order valence-electron chi connectivity index (χ1n) is 10.5. The Hall–Kier alpha value is -2.49. The van der Waals surface area contributed by atoms with Gasteiger partial charge in [0.05, 0.1) is 23.3 Å². The number of benzene rings is 1. The maximum absolute atomic E-state index is 14.2. The Morgan fingerprint density at radius 2 is 2.09 bits per heavy atom. The van der Waals surface area contributed by atoms with Crippen LogP contribution in [0.2, 0.25) is 5.02 Å². The molecular weight excluding hydrogens is 469 g/mol. The standard InChI is InChI=1S/C23H27ClFN3O4S/c1-23(2,3)32-22(30)28-9-10-31-19(14-6-7-17(24)18(25)11-14)15(13-28)12-27-8-4-5-16(20(26)33)21(27)29/h4-8,11,15,19H,9-10,12-13H2,1-3H3,(H2,26,33)/t15-,19+/m1/s1. The van der Waals surface area contributed by atoms with Gasteiger partial charge in [-0.3, -0.25) is 4.79 Å². The number of carbonyl (C=O) groups is 1. The maximum atomic E-state index is 14.2. The highest BCUT2D eigenvalue weighted by molar-refractivity contribution is 7.80. The zero-order valence-corrected chi connectivity index (χ0v) is 20.3. The topological polar surface area (TPSA) is 86.8 Å². The van der Waals surface area contributed by atoms with E-state index in [-0.39, 0.29) is 40.8 Å². The van der Waals surface area contributed by atoms with Crippen LogP contribution >= 0.6 is 23.8 Å². The first-order chi connectivity index (χ1) is 15.5. The maximum Gasteiger partial charge on any atom is 0.410 e. The van der Waals surface area contributed by atoms with Gasteiger partial charge < -0.3 is 24.7 Å². The number of nitrogens with zero attached hydrogens (tertiary/aromatic N) is 2. The largest absolute Gasteiger partial charge is 0.444 e. The van der Waals surface area contributed by atoms with Crippen LogP contribution in [0.15, 0.2) is 41.3 Å². The molecule has 2 heterocycles. The molecule has 1 aromatic carbocycles. The fraction of sp³-hybridized carbons (Fsp3) is 0.435. The molecule has 178 valence electrons. The van der Waals surface area contributed by atoms with Gasteiger partial charge in [-0.2, -0.15) is 0 Å². The third-order valence-electron chi connectivity index (χ3n) is 5.18. The number of carbonyl (C=O) groups excluding carboxylic acids is 1. The van der Waals surface area contributed by atoms with Crippen molar-refractivity contribution >= 4 is 34.9 Å². The molecule has 7 nitrogen and oxygen atoms in total. The van der Waals surface area contributed by atoms with Crippen LogP contribution in [-0.4, -0.2) is 45.8 Å². The summed E-state index contributed by atoms with van der Waals surface area (Å²) >= 11 is 10.8. The van der Waals surface area contributed by atoms with E-state index in [1.165, 1.54) is 16.7 Å². The average Bonchev–Trinajstić information content (AvgIpc) is 2.93. The summed E-state index contributed by atoms with van der Waals surface area (Å²) in [5.74, 6) is -0.975. The molecule has 1 amide bonds. The highest BCUT2D eigenvalue weighted by Crippen LogP contribution is 2.32. The normalized spacial score (nSPS) is 19.1. The Bertz CT molecular complexity index is 1100. The van der Waals surface area contributed by atoms with Gasteiger partial charge in [-0.05, 0) is 50.6 Å². The Kier molecular flexibility index (Phi) is 7.76. The Morgan fingerprint density at radius 3 is 2.73 bits per heavy atom. The van der Waals surface area contributed by atoms with Crippen molar-refractivity contribution in [2.45, 2.75) is 39.0 Å². The summed E-state index contributed by atoms with van der Waals surface area (Å²) in [6.07, 6.45) is 0.541. The van der Waals surface area contributed by atoms with Gasteiger partial charge in [0, 0.05) is 31.7 Å². The lowest BCUT2D eigenvalue weighted by molar-refractivity contribution is 0.0231. The van der Waals surface area contributed by atoms with E-state index >= 15 is 0 Å². The van der Waals surface area contributed by atoms with Crippen molar-refractivity contribution in [3.63, 3.8) is 0 Å². The van der Waals surface area contributed by atoms with Gasteiger partial charge in [0.1, 0.15) is 16.4 Å². The summed E-state index contributed by atoms with van der Waals surface area (Å²) in [5.41, 5.74) is 5.45. The van der Waals surface area contributed by atoms with Crippen LogP contribution in [0.5, 0.6) is 0 Å². The first-order valence-corrected chi connectivity index (χ1v) is 11.3. The van der Waals surface area contributed by atoms with Gasteiger partial charge in [-0.25, -0.2) is 9.18 Å². The first kappa shape index (κ1) is 25.1. The zero-order valence-electron chi connectivity index (χ0n) is 18.7. The molecule has 0 unspecified atom stereocenters. The lowest BCUT2D eigenvalue weighted by Gasteiger charge is -2.30. The van der Waals surface area contributed by atoms with Crippen LogP contribution in [0.25, 0.3) is 0 Å². The number of rotatable bonds is 4. The van der Waals surface area contributed by atoms with Crippen LogP contribution in [0.1, 0.15) is 38.0 Å². The molecule has 0 spiro atoms. The molecule has 1 saturated heterocycles. The Morgan fingerprint density at radius 1 is 1.36 bits per heavy atom. The smallest absolute Gasteiger partial charge is 0.410 e. The molecule has 2 N–H and O–H groups in total. The SMILES string of the molecule is CC(C)(C)OC(=O)N1CCO[C@@H](c2ccc(Cl)c(F)c2)[C@H](Cn2cccc(C(N)=S)c2=O)C1. The molecule has 2 atom stereocenters. The summed E-state index contributed by atoms with van der Waals surface area (Å²) in [5, 5.41) is -0.000294. The van der Waals surface area contributed by atoms with Gasteiger partial charge in [-0.1, -0.05) is 29.9 Å². The van der Waals surface area contributed by atoms with E-state index in [4.69, 9.17) is 39.0 Å². The third kappa shape index (κ3) is 6.31. The van der Waals surface area contributed by atoms with E-state index in [2.05, 4.69) is 0 Å². The van der Waals surface area contributed by atoms with Crippen LogP contribution in [0.4, 0.5) is 9.18 Å². The molecule has 0 aliphatic carbocycles. The van der Waals surface area contributed by atoms with Gasteiger partial charge in [0.25, 0.3) is 5.56 Å². The molecule has 0 bridgehead atoms. The lowest BCUT2D eigenvalue weighted by atomic mass is 9.94. The summed E-state index contributed by atoms with van der Waals surface area (Å²) in [6, 6.07) is 7.69. The number of amides is 1. The van der Waals surface area contributed by atoms with E-state index in [9.17, 15) is 14.0 Å². The van der Waals surface area contributed by atoms with E-state index in [1.54, 1.807) is 50.1 Å². The highest BCUT2D eigenvalue weighted by atomic mass is 35.5. The summed E-state index contributed by atoms with van der Waals surface area (Å²) in [4.78, 5) is 27.2. The molecular formula is C23H27ClFN3O4S. The molecule has 1 fully saturated rings. The minimum absolute atomic E-state index is 0.000294. The van der Waals surface area contributed by atoms with E-state index in [0.717, 1.165) is 0 Å². The molecule has 10 heteroatoms. The van der Waals surface area contributed by atoms with Crippen molar-refractivity contribution < 1.29 is 18.7 Å². The van der Waals surface area contributed by atoms with Gasteiger partial charge in [0.15, 0.2) is 0 Å².